The van der Waals surface area contributed by atoms with Gasteiger partial charge in [-0.25, -0.2) is 8.42 Å². The molecule has 1 aliphatic carbocycles. The molecule has 1 atom stereocenters. The minimum Gasteiger partial charge on any atom is -0.747 e. The number of carbonyl (C=O) groups excluding carboxylic acids is 1. The van der Waals surface area contributed by atoms with Gasteiger partial charge in [0.2, 0.25) is 0 Å². The molecule has 1 aromatic rings. The quantitative estimate of drug-likeness (QED) is 0.471. The summed E-state index contributed by atoms with van der Waals surface area (Å²) >= 11 is 0. The molecule has 2 rings (SSSR count). The second-order valence-electron chi connectivity index (χ2n) is 3.88. The number of allylic oxidation sites excluding steroid dienone is 1. The van der Waals surface area contributed by atoms with E-state index in [9.17, 15) is 13.0 Å². The summed E-state index contributed by atoms with van der Waals surface area (Å²) in [6.07, 6.45) is 3.83. The van der Waals surface area contributed by atoms with Crippen LogP contribution in [-0.2, 0) is 19.7 Å². The molecule has 0 saturated heterocycles. The number of hydrogen-bond acceptors (Lipinski definition) is 4. The monoisotopic (exact) mass is 276 g/mol. The first-order valence-corrected chi connectivity index (χ1v) is 6.36. The van der Waals surface area contributed by atoms with Gasteiger partial charge in [0.05, 0.1) is 4.75 Å². The van der Waals surface area contributed by atoms with Gasteiger partial charge in [0.25, 0.3) is 0 Å². The number of rotatable bonds is 1. The molecule has 0 spiro atoms. The van der Waals surface area contributed by atoms with Crippen LogP contribution in [-0.4, -0.2) is 19.8 Å². The molecular weight excluding hydrogens is 263 g/mol. The normalized spacial score (nSPS) is 21.0. The molecule has 0 heterocycles. The molecule has 4 nitrogen and oxygen atoms in total. The van der Waals surface area contributed by atoms with Crippen molar-refractivity contribution in [2.24, 2.45) is 0 Å². The van der Waals surface area contributed by atoms with Gasteiger partial charge in [0.15, 0.2) is 0 Å². The average Bonchev–Trinajstić information content (AvgIpc) is 2.31. The zero-order valence-corrected chi connectivity index (χ0v) is 13.2. The zero-order chi connectivity index (χ0) is 13.1. The fourth-order valence-corrected chi connectivity index (χ4v) is 2.64. The Kier molecular flexibility index (Phi) is 6.46. The first-order valence-electron chi connectivity index (χ1n) is 4.95. The van der Waals surface area contributed by atoms with Crippen LogP contribution in [0.4, 0.5) is 0 Å². The van der Waals surface area contributed by atoms with E-state index in [1.807, 2.05) is 25.0 Å². The molecule has 1 aromatic carbocycles. The van der Waals surface area contributed by atoms with Crippen molar-refractivity contribution in [1.29, 1.82) is 0 Å². The van der Waals surface area contributed by atoms with E-state index in [1.165, 1.54) is 6.92 Å². The van der Waals surface area contributed by atoms with Gasteiger partial charge in [0.1, 0.15) is 16.9 Å². The van der Waals surface area contributed by atoms with E-state index in [0.29, 0.717) is 5.56 Å². The van der Waals surface area contributed by atoms with Gasteiger partial charge in [-0.15, -0.1) is 0 Å². The maximum absolute atomic E-state index is 11.3. The standard InChI is InChI=1S/C11H12O3S.CH2O.Na/c1-11(15(12,13)14)8-4-6-9-5-2-3-7-10(9)11;1-2;/h2-7H,8H2,1H3,(H,12,13,14);1H2;/q;;+1/p-1. The Labute approximate surface area is 129 Å². The molecular formula is C12H13NaO4S. The minimum absolute atomic E-state index is 0. The van der Waals surface area contributed by atoms with Gasteiger partial charge in [-0.05, 0) is 24.5 Å². The predicted molar refractivity (Wildman–Crippen MR) is 64.3 cm³/mol. The van der Waals surface area contributed by atoms with Crippen molar-refractivity contribution >= 4 is 23.0 Å². The molecule has 6 heteroatoms. The summed E-state index contributed by atoms with van der Waals surface area (Å²) < 4.78 is 32.5. The van der Waals surface area contributed by atoms with Crippen molar-refractivity contribution in [3.63, 3.8) is 0 Å². The summed E-state index contributed by atoms with van der Waals surface area (Å²) in [4.78, 5) is 8.00. The first-order chi connectivity index (χ1) is 7.95. The Morgan fingerprint density at radius 1 is 1.28 bits per heavy atom. The Bertz CT molecular complexity index is 539. The Morgan fingerprint density at radius 2 is 1.83 bits per heavy atom. The molecule has 0 saturated carbocycles. The maximum Gasteiger partial charge on any atom is 1.00 e. The van der Waals surface area contributed by atoms with Crippen molar-refractivity contribution in [2.45, 2.75) is 18.1 Å². The number of benzene rings is 1. The molecule has 0 radical (unpaired) electrons. The predicted octanol–water partition coefficient (Wildman–Crippen LogP) is -1.32. The third-order valence-electron chi connectivity index (χ3n) is 2.89. The van der Waals surface area contributed by atoms with Gasteiger partial charge in [-0.2, -0.15) is 0 Å². The average molecular weight is 276 g/mol. The van der Waals surface area contributed by atoms with Gasteiger partial charge >= 0.3 is 29.6 Å². The smallest absolute Gasteiger partial charge is 0.747 e. The van der Waals surface area contributed by atoms with Gasteiger partial charge in [-0.1, -0.05) is 36.4 Å². The molecule has 0 aromatic heterocycles. The molecule has 0 N–H and O–H groups in total. The fraction of sp³-hybridized carbons (Fsp3) is 0.250. The molecule has 0 aliphatic heterocycles. The Balaban J connectivity index is 0.000000917. The molecule has 1 aliphatic rings. The summed E-state index contributed by atoms with van der Waals surface area (Å²) in [5, 5.41) is 0. The largest absolute Gasteiger partial charge is 1.00 e. The third kappa shape index (κ3) is 3.10. The number of hydrogen-bond donors (Lipinski definition) is 0. The van der Waals surface area contributed by atoms with Crippen LogP contribution in [0.5, 0.6) is 0 Å². The topological polar surface area (TPSA) is 74.3 Å². The van der Waals surface area contributed by atoms with Gasteiger partial charge < -0.3 is 9.35 Å². The Morgan fingerprint density at radius 3 is 2.39 bits per heavy atom. The van der Waals surface area contributed by atoms with Crippen LogP contribution in [0.3, 0.4) is 0 Å². The van der Waals surface area contributed by atoms with Gasteiger partial charge in [0, 0.05) is 0 Å². The van der Waals surface area contributed by atoms with Crippen LogP contribution in [0.1, 0.15) is 24.5 Å². The van der Waals surface area contributed by atoms with Crippen molar-refractivity contribution in [1.82, 2.24) is 0 Å². The third-order valence-corrected chi connectivity index (χ3v) is 4.38. The van der Waals surface area contributed by atoms with Crippen LogP contribution >= 0.6 is 0 Å². The molecule has 18 heavy (non-hydrogen) atoms. The SMILES string of the molecule is C=O.CC1(S(=O)(=O)[O-])CC=Cc2ccccc21.[Na+]. The second-order valence-corrected chi connectivity index (χ2v) is 5.69. The van der Waals surface area contributed by atoms with E-state index < -0.39 is 14.9 Å². The van der Waals surface area contributed by atoms with Crippen molar-refractivity contribution in [3.8, 4) is 0 Å². The Hall–Kier alpha value is -0.460. The van der Waals surface area contributed by atoms with E-state index >= 15 is 0 Å². The minimum atomic E-state index is -4.34. The molecule has 0 fully saturated rings. The van der Waals surface area contributed by atoms with Crippen molar-refractivity contribution in [3.05, 3.63) is 41.5 Å². The van der Waals surface area contributed by atoms with Crippen molar-refractivity contribution in [2.75, 3.05) is 0 Å². The molecule has 0 amide bonds. The summed E-state index contributed by atoms with van der Waals surface area (Å²) in [5.74, 6) is 0. The summed E-state index contributed by atoms with van der Waals surface area (Å²) in [6.45, 7) is 3.48. The zero-order valence-electron chi connectivity index (χ0n) is 10.4. The van der Waals surface area contributed by atoms with Gasteiger partial charge in [-0.3, -0.25) is 0 Å². The van der Waals surface area contributed by atoms with Crippen LogP contribution in [0.25, 0.3) is 6.08 Å². The van der Waals surface area contributed by atoms with Crippen LogP contribution in [0.2, 0.25) is 0 Å². The maximum atomic E-state index is 11.3. The van der Waals surface area contributed by atoms with Crippen molar-refractivity contribution < 1.29 is 47.3 Å². The molecule has 0 bridgehead atoms. The van der Waals surface area contributed by atoms with Crippen LogP contribution in [0.15, 0.2) is 30.3 Å². The molecule has 1 unspecified atom stereocenters. The van der Waals surface area contributed by atoms with E-state index in [4.69, 9.17) is 4.79 Å². The first kappa shape index (κ1) is 17.5. The number of fused-ring (bicyclic) bond motifs is 1. The second kappa shape index (κ2) is 6.63. The van der Waals surface area contributed by atoms with Crippen LogP contribution < -0.4 is 29.6 Å². The molecule has 92 valence electrons. The van der Waals surface area contributed by atoms with Crippen LogP contribution in [0, 0.1) is 0 Å². The summed E-state index contributed by atoms with van der Waals surface area (Å²) in [6, 6.07) is 7.09. The summed E-state index contributed by atoms with van der Waals surface area (Å²) in [5.41, 5.74) is 1.41. The summed E-state index contributed by atoms with van der Waals surface area (Å²) in [7, 11) is -4.34. The van der Waals surface area contributed by atoms with E-state index in [2.05, 4.69) is 0 Å². The number of carbonyl (C=O) groups is 1. The van der Waals surface area contributed by atoms with E-state index in [0.717, 1.165) is 5.56 Å². The fourth-order valence-electron chi connectivity index (χ4n) is 1.88. The van der Waals surface area contributed by atoms with E-state index in [1.54, 1.807) is 18.2 Å². The van der Waals surface area contributed by atoms with E-state index in [-0.39, 0.29) is 36.0 Å².